The minimum absolute atomic E-state index is 0.0836. The molecule has 23 heavy (non-hydrogen) atoms. The molecule has 0 heterocycles. The Bertz CT molecular complexity index is 505. The normalized spacial score (nSPS) is 43.8. The molecule has 0 spiro atoms. The number of fused-ring (bicyclic) bond motifs is 1. The summed E-state index contributed by atoms with van der Waals surface area (Å²) in [4.78, 5) is 11.1. The van der Waals surface area contributed by atoms with Crippen LogP contribution >= 0.6 is 0 Å². The van der Waals surface area contributed by atoms with Crippen LogP contribution in [0, 0.1) is 22.7 Å². The number of aliphatic hydroxyl groups is 2. The summed E-state index contributed by atoms with van der Waals surface area (Å²) >= 11 is 0. The van der Waals surface area contributed by atoms with Gasteiger partial charge >= 0.3 is 5.97 Å². The minimum atomic E-state index is -1.19. The van der Waals surface area contributed by atoms with Gasteiger partial charge in [0, 0.05) is 5.57 Å². The van der Waals surface area contributed by atoms with Gasteiger partial charge in [0.05, 0.1) is 11.7 Å². The number of aliphatic hydroxyl groups excluding tert-OH is 1. The van der Waals surface area contributed by atoms with E-state index in [1.807, 2.05) is 0 Å². The third-order valence-corrected chi connectivity index (χ3v) is 6.91. The zero-order valence-corrected chi connectivity index (χ0v) is 15.1. The number of carbonyl (C=O) groups is 1. The van der Waals surface area contributed by atoms with Crippen molar-refractivity contribution in [1.29, 1.82) is 0 Å². The van der Waals surface area contributed by atoms with E-state index in [4.69, 9.17) is 5.11 Å². The zero-order chi connectivity index (χ0) is 17.6. The predicted molar refractivity (Wildman–Crippen MR) is 90.0 cm³/mol. The second-order valence-electron chi connectivity index (χ2n) is 8.86. The number of rotatable bonds is 3. The van der Waals surface area contributed by atoms with E-state index in [0.717, 1.165) is 19.3 Å². The predicted octanol–water partition coefficient (Wildman–Crippen LogP) is 3.37. The lowest BCUT2D eigenvalue weighted by Crippen LogP contribution is -2.63. The molecule has 2 fully saturated rings. The number of hydrogen-bond donors (Lipinski definition) is 3. The number of hydrogen-bond acceptors (Lipinski definition) is 3. The first-order chi connectivity index (χ1) is 10.4. The van der Waals surface area contributed by atoms with Gasteiger partial charge in [0.25, 0.3) is 0 Å². The van der Waals surface area contributed by atoms with E-state index >= 15 is 0 Å². The maximum atomic E-state index is 11.1. The lowest BCUT2D eigenvalue weighted by Gasteiger charge is -2.62. The minimum Gasteiger partial charge on any atom is -0.478 e. The molecular weight excluding hydrogens is 292 g/mol. The van der Waals surface area contributed by atoms with E-state index in [1.165, 1.54) is 0 Å². The van der Waals surface area contributed by atoms with Crippen molar-refractivity contribution in [3.8, 4) is 0 Å². The summed E-state index contributed by atoms with van der Waals surface area (Å²) in [6.07, 6.45) is 5.34. The molecule has 5 atom stereocenters. The van der Waals surface area contributed by atoms with E-state index in [0.29, 0.717) is 24.3 Å². The molecule has 2 aliphatic carbocycles. The molecule has 0 bridgehead atoms. The Morgan fingerprint density at radius 2 is 1.83 bits per heavy atom. The van der Waals surface area contributed by atoms with Gasteiger partial charge in [-0.2, -0.15) is 0 Å². The maximum Gasteiger partial charge on any atom is 0.330 e. The van der Waals surface area contributed by atoms with Gasteiger partial charge in [-0.15, -0.1) is 0 Å². The average Bonchev–Trinajstić information content (AvgIpc) is 2.40. The molecule has 3 N–H and O–H groups in total. The number of carboxylic acids is 1. The molecule has 0 radical (unpaired) electrons. The SMILES string of the molecule is C/C(=C\C[C@H]1[C@](C)(O)[C@@H](O)C[C@H]2C(C)(C)CCC[C@@]21C)C(=O)O. The first-order valence-electron chi connectivity index (χ1n) is 8.73. The van der Waals surface area contributed by atoms with Crippen LogP contribution in [0.5, 0.6) is 0 Å². The molecule has 2 saturated carbocycles. The fraction of sp³-hybridized carbons (Fsp3) is 0.842. The van der Waals surface area contributed by atoms with Crippen molar-refractivity contribution in [3.63, 3.8) is 0 Å². The molecule has 2 aliphatic rings. The largest absolute Gasteiger partial charge is 0.478 e. The molecule has 0 unspecified atom stereocenters. The Morgan fingerprint density at radius 3 is 2.39 bits per heavy atom. The highest BCUT2D eigenvalue weighted by Gasteiger charge is 2.60. The summed E-state index contributed by atoms with van der Waals surface area (Å²) in [6, 6.07) is 0. The van der Waals surface area contributed by atoms with Gasteiger partial charge in [-0.3, -0.25) is 0 Å². The van der Waals surface area contributed by atoms with Crippen molar-refractivity contribution in [1.82, 2.24) is 0 Å². The molecular formula is C19H32O4. The molecule has 4 nitrogen and oxygen atoms in total. The molecule has 0 aromatic heterocycles. The van der Waals surface area contributed by atoms with E-state index in [2.05, 4.69) is 20.8 Å². The molecule has 4 heteroatoms. The van der Waals surface area contributed by atoms with E-state index in [1.54, 1.807) is 19.9 Å². The van der Waals surface area contributed by atoms with Crippen molar-refractivity contribution in [2.75, 3.05) is 0 Å². The Kier molecular flexibility index (Phi) is 4.73. The van der Waals surface area contributed by atoms with Gasteiger partial charge in [0.15, 0.2) is 0 Å². The van der Waals surface area contributed by atoms with Crippen LogP contribution in [-0.4, -0.2) is 33.0 Å². The third-order valence-electron chi connectivity index (χ3n) is 6.91. The Labute approximate surface area is 139 Å². The van der Waals surface area contributed by atoms with E-state index in [9.17, 15) is 15.0 Å². The fourth-order valence-corrected chi connectivity index (χ4v) is 5.42. The summed E-state index contributed by atoms with van der Waals surface area (Å²) < 4.78 is 0. The number of aliphatic carboxylic acids is 1. The lowest BCUT2D eigenvalue weighted by molar-refractivity contribution is -0.218. The Hall–Kier alpha value is -0.870. The molecule has 0 aromatic rings. The van der Waals surface area contributed by atoms with E-state index < -0.39 is 17.7 Å². The number of allylic oxidation sites excluding steroid dienone is 1. The highest BCUT2D eigenvalue weighted by molar-refractivity contribution is 5.85. The molecule has 0 amide bonds. The number of carboxylic acid groups (broad SMARTS) is 1. The summed E-state index contributed by atoms with van der Waals surface area (Å²) in [7, 11) is 0. The highest BCUT2D eigenvalue weighted by atomic mass is 16.4. The van der Waals surface area contributed by atoms with Crippen LogP contribution in [0.3, 0.4) is 0 Å². The fourth-order valence-electron chi connectivity index (χ4n) is 5.42. The average molecular weight is 324 g/mol. The summed E-state index contributed by atoms with van der Waals surface area (Å²) in [5, 5.41) is 30.7. The summed E-state index contributed by atoms with van der Waals surface area (Å²) in [6.45, 7) is 10.1. The van der Waals surface area contributed by atoms with Crippen molar-refractivity contribution in [2.45, 2.75) is 78.4 Å². The summed E-state index contributed by atoms with van der Waals surface area (Å²) in [5.74, 6) is -0.730. The van der Waals surface area contributed by atoms with Crippen LogP contribution in [0.2, 0.25) is 0 Å². The molecule has 0 saturated heterocycles. The molecule has 132 valence electrons. The van der Waals surface area contributed by atoms with Crippen LogP contribution in [0.4, 0.5) is 0 Å². The third kappa shape index (κ3) is 3.08. The summed E-state index contributed by atoms with van der Waals surface area (Å²) in [5.41, 5.74) is -0.835. The second kappa shape index (κ2) is 5.89. The molecule has 0 aliphatic heterocycles. The van der Waals surface area contributed by atoms with Crippen molar-refractivity contribution < 1.29 is 20.1 Å². The van der Waals surface area contributed by atoms with Gasteiger partial charge in [0.2, 0.25) is 0 Å². The smallest absolute Gasteiger partial charge is 0.330 e. The van der Waals surface area contributed by atoms with Gasteiger partial charge in [-0.05, 0) is 62.2 Å². The van der Waals surface area contributed by atoms with Crippen LogP contribution < -0.4 is 0 Å². The highest BCUT2D eigenvalue weighted by Crippen LogP contribution is 2.62. The van der Waals surface area contributed by atoms with Crippen LogP contribution in [-0.2, 0) is 4.79 Å². The molecule has 2 rings (SSSR count). The Morgan fingerprint density at radius 1 is 1.22 bits per heavy atom. The second-order valence-corrected chi connectivity index (χ2v) is 8.86. The first-order valence-corrected chi connectivity index (χ1v) is 8.73. The standard InChI is InChI=1S/C19H32O4/c1-12(16(21)22)7-8-13-18(4)10-6-9-17(2,3)14(18)11-15(20)19(13,5)23/h7,13-15,20,23H,6,8-11H2,1-5H3,(H,21,22)/b12-7+/t13-,14+,15+,18-,19+/m1/s1. The quantitative estimate of drug-likeness (QED) is 0.696. The van der Waals surface area contributed by atoms with Crippen molar-refractivity contribution in [3.05, 3.63) is 11.6 Å². The lowest BCUT2D eigenvalue weighted by atomic mass is 9.44. The van der Waals surface area contributed by atoms with Crippen molar-refractivity contribution in [2.24, 2.45) is 22.7 Å². The topological polar surface area (TPSA) is 77.8 Å². The monoisotopic (exact) mass is 324 g/mol. The van der Waals surface area contributed by atoms with Gasteiger partial charge in [-0.1, -0.05) is 33.3 Å². The van der Waals surface area contributed by atoms with Crippen molar-refractivity contribution >= 4 is 5.97 Å². The van der Waals surface area contributed by atoms with Crippen LogP contribution in [0.25, 0.3) is 0 Å². The van der Waals surface area contributed by atoms with Gasteiger partial charge < -0.3 is 15.3 Å². The van der Waals surface area contributed by atoms with Crippen LogP contribution in [0.15, 0.2) is 11.6 Å². The molecule has 0 aromatic carbocycles. The van der Waals surface area contributed by atoms with Gasteiger partial charge in [0.1, 0.15) is 0 Å². The Balaban J connectivity index is 2.41. The first kappa shape index (κ1) is 18.5. The maximum absolute atomic E-state index is 11.1. The zero-order valence-electron chi connectivity index (χ0n) is 15.1. The van der Waals surface area contributed by atoms with E-state index in [-0.39, 0.29) is 16.7 Å². The van der Waals surface area contributed by atoms with Gasteiger partial charge in [-0.25, -0.2) is 4.79 Å². The van der Waals surface area contributed by atoms with Crippen LogP contribution in [0.1, 0.15) is 66.7 Å².